The molecule has 0 aliphatic carbocycles. The molecule has 1 aromatic carbocycles. The van der Waals surface area contributed by atoms with Gasteiger partial charge in [0, 0.05) is 36.2 Å². The Morgan fingerprint density at radius 1 is 1.14 bits per heavy atom. The number of amides is 3. The zero-order valence-corrected chi connectivity index (χ0v) is 19.5. The monoisotopic (exact) mass is 515 g/mol. The number of benzene rings is 1. The second-order valence-electron chi connectivity index (χ2n) is 8.20. The van der Waals surface area contributed by atoms with E-state index in [1.807, 2.05) is 29.2 Å². The number of hydrogen-bond donors (Lipinski definition) is 2. The van der Waals surface area contributed by atoms with Crippen molar-refractivity contribution in [3.63, 3.8) is 0 Å². The molecule has 0 spiro atoms. The molecule has 1 aliphatic heterocycles. The highest BCUT2D eigenvalue weighted by Gasteiger charge is 2.25. The first-order valence-corrected chi connectivity index (χ1v) is 11.0. The van der Waals surface area contributed by atoms with E-state index < -0.39 is 11.7 Å². The molecule has 8 heteroatoms. The highest BCUT2D eigenvalue weighted by molar-refractivity contribution is 14.1. The molecular weight excluding hydrogens is 485 g/mol. The van der Waals surface area contributed by atoms with Crippen molar-refractivity contribution in [2.75, 3.05) is 26.2 Å². The first kappa shape index (κ1) is 23.4. The summed E-state index contributed by atoms with van der Waals surface area (Å²) in [5.74, 6) is 0.334. The fourth-order valence-electron chi connectivity index (χ4n) is 3.08. The van der Waals surface area contributed by atoms with E-state index in [-0.39, 0.29) is 24.8 Å². The number of carbonyl (C=O) groups excluding carboxylic acids is 3. The van der Waals surface area contributed by atoms with Gasteiger partial charge in [0.1, 0.15) is 5.60 Å². The zero-order chi connectivity index (χ0) is 21.4. The minimum atomic E-state index is -0.554. The van der Waals surface area contributed by atoms with E-state index >= 15 is 0 Å². The van der Waals surface area contributed by atoms with Crippen LogP contribution in [0.3, 0.4) is 0 Å². The Morgan fingerprint density at radius 3 is 2.41 bits per heavy atom. The Hall–Kier alpha value is -1.84. The molecule has 0 unspecified atom stereocenters. The lowest BCUT2D eigenvalue weighted by Gasteiger charge is -2.32. The summed E-state index contributed by atoms with van der Waals surface area (Å²) in [5, 5.41) is 5.50. The van der Waals surface area contributed by atoms with Gasteiger partial charge < -0.3 is 20.3 Å². The van der Waals surface area contributed by atoms with Gasteiger partial charge in [-0.1, -0.05) is 12.1 Å². The van der Waals surface area contributed by atoms with Crippen LogP contribution in [0.15, 0.2) is 24.3 Å². The van der Waals surface area contributed by atoms with Gasteiger partial charge >= 0.3 is 6.09 Å². The Balaban J connectivity index is 1.64. The average Bonchev–Trinajstić information content (AvgIpc) is 2.65. The molecule has 0 atom stereocenters. The van der Waals surface area contributed by atoms with E-state index in [1.165, 1.54) is 0 Å². The van der Waals surface area contributed by atoms with Crippen molar-refractivity contribution in [1.29, 1.82) is 0 Å². The second kappa shape index (κ2) is 10.8. The highest BCUT2D eigenvalue weighted by atomic mass is 127. The summed E-state index contributed by atoms with van der Waals surface area (Å²) >= 11 is 2.19. The van der Waals surface area contributed by atoms with Gasteiger partial charge in [0.15, 0.2) is 0 Å². The second-order valence-corrected chi connectivity index (χ2v) is 9.36. The van der Waals surface area contributed by atoms with Gasteiger partial charge in [0.05, 0.1) is 5.56 Å². The fourth-order valence-corrected chi connectivity index (χ4v) is 3.70. The van der Waals surface area contributed by atoms with Gasteiger partial charge in [-0.25, -0.2) is 4.79 Å². The topological polar surface area (TPSA) is 87.7 Å². The third-order valence-corrected chi connectivity index (χ3v) is 5.55. The molecule has 1 aromatic rings. The first-order chi connectivity index (χ1) is 13.7. The van der Waals surface area contributed by atoms with E-state index in [4.69, 9.17) is 4.74 Å². The highest BCUT2D eigenvalue weighted by Crippen LogP contribution is 2.20. The quantitative estimate of drug-likeness (QED) is 0.570. The lowest BCUT2D eigenvalue weighted by Crippen LogP contribution is -2.42. The Labute approximate surface area is 186 Å². The summed E-state index contributed by atoms with van der Waals surface area (Å²) in [4.78, 5) is 38.1. The molecule has 1 saturated heterocycles. The molecule has 29 heavy (non-hydrogen) atoms. The molecule has 0 radical (unpaired) electrons. The Kier molecular flexibility index (Phi) is 8.73. The third kappa shape index (κ3) is 8.20. The molecule has 1 heterocycles. The molecule has 2 rings (SSSR count). The van der Waals surface area contributed by atoms with Crippen LogP contribution < -0.4 is 10.6 Å². The maximum Gasteiger partial charge on any atom is 0.407 e. The van der Waals surface area contributed by atoms with Crippen molar-refractivity contribution < 1.29 is 19.1 Å². The summed E-state index contributed by atoms with van der Waals surface area (Å²) in [7, 11) is 0. The number of likely N-dealkylation sites (tertiary alicyclic amines) is 1. The first-order valence-electron chi connectivity index (χ1n) is 9.93. The number of nitrogens with one attached hydrogen (secondary N) is 2. The molecule has 2 N–H and O–H groups in total. The van der Waals surface area contributed by atoms with Crippen molar-refractivity contribution in [2.24, 2.45) is 5.92 Å². The summed E-state index contributed by atoms with van der Waals surface area (Å²) < 4.78 is 6.09. The van der Waals surface area contributed by atoms with Crippen LogP contribution in [0.2, 0.25) is 0 Å². The number of rotatable bonds is 6. The van der Waals surface area contributed by atoms with Crippen molar-refractivity contribution in [1.82, 2.24) is 15.5 Å². The number of halogens is 1. The molecule has 1 aliphatic rings. The Morgan fingerprint density at radius 2 is 1.79 bits per heavy atom. The normalized spacial score (nSPS) is 15.0. The maximum absolute atomic E-state index is 12.7. The molecule has 0 bridgehead atoms. The molecule has 160 valence electrons. The molecule has 1 fully saturated rings. The predicted molar refractivity (Wildman–Crippen MR) is 120 cm³/mol. The summed E-state index contributed by atoms with van der Waals surface area (Å²) in [6.07, 6.45) is 1.43. The third-order valence-electron chi connectivity index (χ3n) is 4.61. The van der Waals surface area contributed by atoms with Crippen LogP contribution >= 0.6 is 22.6 Å². The predicted octanol–water partition coefficient (Wildman–Crippen LogP) is 3.17. The van der Waals surface area contributed by atoms with Gasteiger partial charge in [-0.3, -0.25) is 9.59 Å². The van der Waals surface area contributed by atoms with Crippen molar-refractivity contribution >= 4 is 40.5 Å². The van der Waals surface area contributed by atoms with E-state index in [2.05, 4.69) is 33.2 Å². The zero-order valence-electron chi connectivity index (χ0n) is 17.3. The van der Waals surface area contributed by atoms with Crippen LogP contribution in [-0.2, 0) is 9.53 Å². The largest absolute Gasteiger partial charge is 0.444 e. The number of alkyl carbamates (subject to hydrolysis) is 1. The van der Waals surface area contributed by atoms with Gasteiger partial charge in [0.25, 0.3) is 5.91 Å². The SMILES string of the molecule is CC(C)(C)OC(=O)NCCC(=O)NCC1CCN(C(=O)c2ccccc2I)CC1. The molecule has 0 saturated carbocycles. The molecular formula is C21H30IN3O4. The van der Waals surface area contributed by atoms with Crippen LogP contribution in [0.5, 0.6) is 0 Å². The minimum absolute atomic E-state index is 0.0747. The summed E-state index contributed by atoms with van der Waals surface area (Å²) in [5.41, 5.74) is 0.193. The van der Waals surface area contributed by atoms with Crippen molar-refractivity contribution in [3.05, 3.63) is 33.4 Å². The number of piperidine rings is 1. The lowest BCUT2D eigenvalue weighted by molar-refractivity contribution is -0.121. The lowest BCUT2D eigenvalue weighted by atomic mass is 9.96. The van der Waals surface area contributed by atoms with Crippen molar-refractivity contribution in [3.8, 4) is 0 Å². The van der Waals surface area contributed by atoms with E-state index in [0.29, 0.717) is 25.6 Å². The molecule has 7 nitrogen and oxygen atoms in total. The van der Waals surface area contributed by atoms with Gasteiger partial charge in [-0.05, 0) is 74.3 Å². The van der Waals surface area contributed by atoms with Crippen molar-refractivity contribution in [2.45, 2.75) is 45.6 Å². The van der Waals surface area contributed by atoms with E-state index in [9.17, 15) is 14.4 Å². The van der Waals surface area contributed by atoms with Crippen LogP contribution in [0.25, 0.3) is 0 Å². The van der Waals surface area contributed by atoms with E-state index in [0.717, 1.165) is 22.0 Å². The van der Waals surface area contributed by atoms with Gasteiger partial charge in [-0.15, -0.1) is 0 Å². The smallest absolute Gasteiger partial charge is 0.407 e. The van der Waals surface area contributed by atoms with E-state index in [1.54, 1.807) is 20.8 Å². The van der Waals surface area contributed by atoms with Crippen LogP contribution in [0.1, 0.15) is 50.4 Å². The minimum Gasteiger partial charge on any atom is -0.444 e. The number of nitrogens with zero attached hydrogens (tertiary/aromatic N) is 1. The average molecular weight is 515 g/mol. The number of carbonyl (C=O) groups is 3. The van der Waals surface area contributed by atoms with Crippen LogP contribution in [0, 0.1) is 9.49 Å². The molecule has 3 amide bonds. The molecule has 0 aromatic heterocycles. The van der Waals surface area contributed by atoms with Crippen LogP contribution in [-0.4, -0.2) is 54.6 Å². The van der Waals surface area contributed by atoms with Gasteiger partial charge in [-0.2, -0.15) is 0 Å². The van der Waals surface area contributed by atoms with Gasteiger partial charge in [0.2, 0.25) is 5.91 Å². The summed E-state index contributed by atoms with van der Waals surface area (Å²) in [6, 6.07) is 7.61. The Bertz CT molecular complexity index is 725. The van der Waals surface area contributed by atoms with Crippen LogP contribution in [0.4, 0.5) is 4.79 Å². The maximum atomic E-state index is 12.7. The number of hydrogen-bond acceptors (Lipinski definition) is 4. The fraction of sp³-hybridized carbons (Fsp3) is 0.571. The standard InChI is InChI=1S/C21H30IN3O4/c1-21(2,3)29-20(28)23-11-8-18(26)24-14-15-9-12-25(13-10-15)19(27)16-6-4-5-7-17(16)22/h4-7,15H,8-14H2,1-3H3,(H,23,28)(H,24,26). The summed E-state index contributed by atoms with van der Waals surface area (Å²) in [6.45, 7) is 7.60. The number of ether oxygens (including phenoxy) is 1.